The molecule has 0 saturated heterocycles. The summed E-state index contributed by atoms with van der Waals surface area (Å²) in [6, 6.07) is 17.9. The maximum absolute atomic E-state index is 11.8. The first-order valence-corrected chi connectivity index (χ1v) is 14.8. The normalized spacial score (nSPS) is 13.5. The summed E-state index contributed by atoms with van der Waals surface area (Å²) in [5.74, 6) is 0. The van der Waals surface area contributed by atoms with Crippen molar-refractivity contribution in [1.82, 2.24) is 0 Å². The second-order valence-electron chi connectivity index (χ2n) is 10.5. The molecule has 0 N–H and O–H groups in total. The van der Waals surface area contributed by atoms with Crippen LogP contribution in [0.2, 0.25) is 0 Å². The quantitative estimate of drug-likeness (QED) is 0.106. The molecule has 2 aromatic rings. The van der Waals surface area contributed by atoms with E-state index in [1.54, 1.807) is 4.70 Å². The van der Waals surface area contributed by atoms with E-state index in [9.17, 15) is 5.53 Å². The van der Waals surface area contributed by atoms with Gasteiger partial charge in [-0.3, -0.25) is 0 Å². The van der Waals surface area contributed by atoms with Gasteiger partial charge >= 0.3 is 0 Å². The second kappa shape index (κ2) is 16.9. The third-order valence-corrected chi connectivity index (χ3v) is 7.49. The van der Waals surface area contributed by atoms with Gasteiger partial charge in [-0.15, -0.1) is 0 Å². The van der Waals surface area contributed by atoms with Crippen molar-refractivity contribution in [3.8, 4) is 0 Å². The first-order chi connectivity index (χ1) is 17.6. The number of hydrogen-bond donors (Lipinski definition) is 0. The molecule has 0 bridgehead atoms. The van der Waals surface area contributed by atoms with Crippen molar-refractivity contribution in [2.75, 3.05) is 0 Å². The predicted molar refractivity (Wildman–Crippen MR) is 156 cm³/mol. The SMILES string of the molecule is CCCCCCC1=C(c2cccc(CCCC)c2)[N+](=[N-])C(c2ccc(CCCC)cc2)=C1CCCC.[Pd]. The van der Waals surface area contributed by atoms with Crippen molar-refractivity contribution in [2.45, 2.75) is 118 Å². The van der Waals surface area contributed by atoms with E-state index in [2.05, 4.69) is 76.2 Å². The van der Waals surface area contributed by atoms with Gasteiger partial charge in [-0.1, -0.05) is 90.5 Å². The third-order valence-electron chi connectivity index (χ3n) is 7.49. The van der Waals surface area contributed by atoms with Gasteiger partial charge in [-0.2, -0.15) is 0 Å². The molecule has 1 aliphatic heterocycles. The molecule has 1 heterocycles. The van der Waals surface area contributed by atoms with Crippen LogP contribution in [0, 0.1) is 0 Å². The first kappa shape index (κ1) is 31.4. The van der Waals surface area contributed by atoms with Gasteiger partial charge in [0.15, 0.2) is 0 Å². The van der Waals surface area contributed by atoms with E-state index in [4.69, 9.17) is 0 Å². The van der Waals surface area contributed by atoms with Crippen molar-refractivity contribution in [3.05, 3.63) is 87.5 Å². The van der Waals surface area contributed by atoms with Crippen LogP contribution in [0.15, 0.2) is 59.7 Å². The maximum atomic E-state index is 11.8. The molecule has 0 radical (unpaired) electrons. The minimum atomic E-state index is 0. The van der Waals surface area contributed by atoms with E-state index in [-0.39, 0.29) is 20.4 Å². The van der Waals surface area contributed by atoms with E-state index in [0.717, 1.165) is 61.0 Å². The summed E-state index contributed by atoms with van der Waals surface area (Å²) < 4.78 is 1.54. The Morgan fingerprint density at radius 1 is 0.541 bits per heavy atom. The van der Waals surface area contributed by atoms with Crippen molar-refractivity contribution in [1.29, 1.82) is 0 Å². The van der Waals surface area contributed by atoms with E-state index >= 15 is 0 Å². The standard InChI is InChI=1S/C34H48N2.Pd/c1-5-9-13-14-21-32-31(20-12-8-4)33(29-24-22-27(23-25-29)16-10-6-2)36(35)34(32)30-19-15-18-28(26-30)17-11-7-3;/h15,18-19,22-26H,5-14,16-17,20-21H2,1-4H3;. The number of unbranched alkanes of at least 4 members (excludes halogenated alkanes) is 6. The summed E-state index contributed by atoms with van der Waals surface area (Å²) in [6.45, 7) is 9.02. The molecule has 3 heteroatoms. The van der Waals surface area contributed by atoms with Gasteiger partial charge in [0, 0.05) is 42.7 Å². The molecule has 0 fully saturated rings. The Bertz CT molecular complexity index is 1050. The molecule has 0 aliphatic carbocycles. The Labute approximate surface area is 240 Å². The van der Waals surface area contributed by atoms with Crippen LogP contribution >= 0.6 is 0 Å². The van der Waals surface area contributed by atoms with Gasteiger partial charge in [0.1, 0.15) is 0 Å². The van der Waals surface area contributed by atoms with E-state index in [0.29, 0.717) is 0 Å². The predicted octanol–water partition coefficient (Wildman–Crippen LogP) is 10.7. The van der Waals surface area contributed by atoms with E-state index < -0.39 is 0 Å². The van der Waals surface area contributed by atoms with Crippen LogP contribution in [0.25, 0.3) is 16.9 Å². The van der Waals surface area contributed by atoms with Crippen molar-refractivity contribution >= 4 is 11.4 Å². The molecule has 2 nitrogen and oxygen atoms in total. The topological polar surface area (TPSA) is 25.3 Å². The summed E-state index contributed by atoms with van der Waals surface area (Å²) in [5, 5.41) is 0. The van der Waals surface area contributed by atoms with Crippen molar-refractivity contribution < 1.29 is 25.1 Å². The third kappa shape index (κ3) is 8.59. The van der Waals surface area contributed by atoms with Crippen LogP contribution in [0.4, 0.5) is 0 Å². The van der Waals surface area contributed by atoms with Crippen LogP contribution < -0.4 is 0 Å². The van der Waals surface area contributed by atoms with Gasteiger partial charge in [-0.25, -0.2) is 4.70 Å². The molecular formula is C34H48N2Pd. The molecule has 3 rings (SSSR count). The molecule has 37 heavy (non-hydrogen) atoms. The molecule has 0 atom stereocenters. The Morgan fingerprint density at radius 2 is 1.08 bits per heavy atom. The fourth-order valence-electron chi connectivity index (χ4n) is 5.33. The number of hydrogen-bond acceptors (Lipinski definition) is 0. The molecule has 0 unspecified atom stereocenters. The van der Waals surface area contributed by atoms with Gasteiger partial charge in [0.25, 0.3) is 0 Å². The zero-order valence-electron chi connectivity index (χ0n) is 23.7. The van der Waals surface area contributed by atoms with Gasteiger partial charge < -0.3 is 5.53 Å². The summed E-state index contributed by atoms with van der Waals surface area (Å²) in [5.41, 5.74) is 21.6. The van der Waals surface area contributed by atoms with Crippen LogP contribution in [0.1, 0.15) is 127 Å². The van der Waals surface area contributed by atoms with Gasteiger partial charge in [-0.05, 0) is 86.8 Å². The Morgan fingerprint density at radius 3 is 1.70 bits per heavy atom. The van der Waals surface area contributed by atoms with Gasteiger partial charge in [0.05, 0.1) is 0 Å². The molecule has 0 spiro atoms. The fourth-order valence-corrected chi connectivity index (χ4v) is 5.33. The summed E-state index contributed by atoms with van der Waals surface area (Å²) in [6.07, 6.45) is 16.3. The first-order valence-electron chi connectivity index (χ1n) is 14.8. The summed E-state index contributed by atoms with van der Waals surface area (Å²) in [4.78, 5) is 0. The molecule has 0 aromatic heterocycles. The van der Waals surface area contributed by atoms with Crippen LogP contribution in [-0.2, 0) is 33.3 Å². The number of nitrogens with zero attached hydrogens (tertiary/aromatic N) is 2. The zero-order valence-corrected chi connectivity index (χ0v) is 25.3. The minimum absolute atomic E-state index is 0. The largest absolute Gasteiger partial charge is 0.493 e. The maximum Gasteiger partial charge on any atom is 0.211 e. The Balaban J connectivity index is 0.00000481. The number of rotatable bonds is 16. The molecular weight excluding hydrogens is 543 g/mol. The van der Waals surface area contributed by atoms with Crippen molar-refractivity contribution in [2.24, 2.45) is 0 Å². The van der Waals surface area contributed by atoms with Crippen LogP contribution in [0.3, 0.4) is 0 Å². The van der Waals surface area contributed by atoms with E-state index in [1.807, 2.05) is 0 Å². The second-order valence-corrected chi connectivity index (χ2v) is 10.5. The number of allylic oxidation sites excluding steroid dienone is 2. The zero-order chi connectivity index (χ0) is 25.8. The molecule has 1 aliphatic rings. The molecule has 0 amide bonds. The number of aryl methyl sites for hydroxylation is 2. The van der Waals surface area contributed by atoms with E-state index in [1.165, 1.54) is 73.6 Å². The molecule has 0 saturated carbocycles. The van der Waals surface area contributed by atoms with Gasteiger partial charge in [0.2, 0.25) is 11.4 Å². The molecule has 204 valence electrons. The van der Waals surface area contributed by atoms with Crippen LogP contribution in [0.5, 0.6) is 0 Å². The van der Waals surface area contributed by atoms with Crippen molar-refractivity contribution in [3.63, 3.8) is 0 Å². The molecule has 2 aromatic carbocycles. The number of benzene rings is 2. The Hall–Kier alpha value is -1.82. The summed E-state index contributed by atoms with van der Waals surface area (Å²) in [7, 11) is 0. The Kier molecular flexibility index (Phi) is 14.3. The minimum Gasteiger partial charge on any atom is -0.493 e. The summed E-state index contributed by atoms with van der Waals surface area (Å²) >= 11 is 0. The average molecular weight is 591 g/mol. The average Bonchev–Trinajstić information content (AvgIpc) is 3.18. The smallest absolute Gasteiger partial charge is 0.211 e. The fraction of sp³-hybridized carbons (Fsp3) is 0.529. The monoisotopic (exact) mass is 590 g/mol. The van der Waals surface area contributed by atoms with Crippen LogP contribution in [-0.4, -0.2) is 4.70 Å².